The number of alkyl halides is 8. The van der Waals surface area contributed by atoms with Crippen LogP contribution in [0.1, 0.15) is 37.3 Å². The van der Waals surface area contributed by atoms with Crippen molar-refractivity contribution >= 4 is 5.57 Å². The van der Waals surface area contributed by atoms with Gasteiger partial charge in [-0.2, -0.15) is 22.0 Å². The van der Waals surface area contributed by atoms with E-state index in [4.69, 9.17) is 0 Å². The average Bonchev–Trinajstić information content (AvgIpc) is 2.76. The minimum atomic E-state index is -5.36. The van der Waals surface area contributed by atoms with Crippen molar-refractivity contribution in [1.29, 1.82) is 0 Å². The van der Waals surface area contributed by atoms with Crippen molar-refractivity contribution in [2.75, 3.05) is 0 Å². The Hall–Kier alpha value is -2.96. The fraction of sp³-hybridized carbons (Fsp3) is 0.407. The number of halogens is 12. The molecule has 0 spiro atoms. The SMILES string of the molecule is CC1=CC=C(C2=CC(F)=C(c3cc(F)c(C(F)(F)OC4C=C(F)C(C(F)(F)F)C(F)C4)c(F)c3)C(F)C2)C(F)C1. The molecule has 5 atom stereocenters. The maximum Gasteiger partial charge on any atom is 0.400 e. The van der Waals surface area contributed by atoms with E-state index in [2.05, 4.69) is 4.74 Å². The molecule has 3 aliphatic rings. The quantitative estimate of drug-likeness (QED) is 0.312. The molecule has 0 saturated heterocycles. The van der Waals surface area contributed by atoms with Crippen molar-refractivity contribution in [3.63, 3.8) is 0 Å². The predicted molar refractivity (Wildman–Crippen MR) is 120 cm³/mol. The van der Waals surface area contributed by atoms with E-state index >= 15 is 4.39 Å². The fourth-order valence-electron chi connectivity index (χ4n) is 4.94. The minimum Gasteiger partial charge on any atom is -0.309 e. The largest absolute Gasteiger partial charge is 0.400 e. The molecule has 0 N–H and O–H groups in total. The van der Waals surface area contributed by atoms with Crippen LogP contribution in [0.4, 0.5) is 52.7 Å². The van der Waals surface area contributed by atoms with Crippen LogP contribution in [0.3, 0.4) is 0 Å². The summed E-state index contributed by atoms with van der Waals surface area (Å²) in [6.07, 6.45) is -17.7. The molecule has 218 valence electrons. The smallest absolute Gasteiger partial charge is 0.309 e. The van der Waals surface area contributed by atoms with Gasteiger partial charge in [-0.15, -0.1) is 0 Å². The van der Waals surface area contributed by atoms with E-state index in [0.717, 1.165) is 6.08 Å². The van der Waals surface area contributed by atoms with Gasteiger partial charge in [0.2, 0.25) is 0 Å². The second-order valence-corrected chi connectivity index (χ2v) is 9.72. The van der Waals surface area contributed by atoms with Crippen LogP contribution in [0.5, 0.6) is 0 Å². The summed E-state index contributed by atoms with van der Waals surface area (Å²) in [6, 6.07) is 0.379. The van der Waals surface area contributed by atoms with Crippen LogP contribution in [-0.4, -0.2) is 30.8 Å². The molecule has 5 unspecified atom stereocenters. The Bertz CT molecular complexity index is 1310. The highest BCUT2D eigenvalue weighted by atomic mass is 19.4. The van der Waals surface area contributed by atoms with Crippen LogP contribution in [0, 0.1) is 17.6 Å². The highest BCUT2D eigenvalue weighted by molar-refractivity contribution is 5.75. The number of allylic oxidation sites excluding steroid dienone is 9. The molecular formula is C27H20F12O. The first-order chi connectivity index (χ1) is 18.5. The Morgan fingerprint density at radius 1 is 0.850 bits per heavy atom. The van der Waals surface area contributed by atoms with Gasteiger partial charge in [0.1, 0.15) is 53.3 Å². The number of benzene rings is 1. The molecule has 4 rings (SSSR count). The van der Waals surface area contributed by atoms with Crippen molar-refractivity contribution in [1.82, 2.24) is 0 Å². The van der Waals surface area contributed by atoms with Gasteiger partial charge in [-0.1, -0.05) is 17.7 Å². The van der Waals surface area contributed by atoms with Gasteiger partial charge in [-0.3, -0.25) is 0 Å². The molecule has 0 aromatic heterocycles. The summed E-state index contributed by atoms with van der Waals surface area (Å²) >= 11 is 0. The third-order valence-electron chi connectivity index (χ3n) is 6.79. The van der Waals surface area contributed by atoms with E-state index in [1.807, 2.05) is 0 Å². The van der Waals surface area contributed by atoms with E-state index in [1.165, 1.54) is 6.08 Å². The Balaban J connectivity index is 1.63. The molecule has 3 aliphatic carbocycles. The third-order valence-corrected chi connectivity index (χ3v) is 6.79. The van der Waals surface area contributed by atoms with E-state index in [9.17, 15) is 48.3 Å². The fourth-order valence-corrected chi connectivity index (χ4v) is 4.94. The van der Waals surface area contributed by atoms with Gasteiger partial charge in [-0.05, 0) is 47.9 Å². The molecule has 1 aromatic carbocycles. The van der Waals surface area contributed by atoms with Crippen LogP contribution in [-0.2, 0) is 10.8 Å². The number of ether oxygens (including phenoxy) is 1. The molecule has 1 nitrogen and oxygen atoms in total. The lowest BCUT2D eigenvalue weighted by Crippen LogP contribution is -2.40. The van der Waals surface area contributed by atoms with Gasteiger partial charge in [0, 0.05) is 24.8 Å². The summed E-state index contributed by atoms with van der Waals surface area (Å²) < 4.78 is 173. The third kappa shape index (κ3) is 5.89. The van der Waals surface area contributed by atoms with E-state index < -0.39 is 95.7 Å². The summed E-state index contributed by atoms with van der Waals surface area (Å²) in [4.78, 5) is 0. The van der Waals surface area contributed by atoms with Crippen LogP contribution in [0.25, 0.3) is 5.57 Å². The topological polar surface area (TPSA) is 9.23 Å². The molecular weight excluding hydrogens is 568 g/mol. The molecule has 0 bridgehead atoms. The molecule has 40 heavy (non-hydrogen) atoms. The van der Waals surface area contributed by atoms with E-state index in [-0.39, 0.29) is 35.8 Å². The number of rotatable bonds is 5. The molecule has 0 amide bonds. The van der Waals surface area contributed by atoms with Gasteiger partial charge in [0.05, 0.1) is 6.10 Å². The van der Waals surface area contributed by atoms with E-state index in [0.29, 0.717) is 5.57 Å². The molecule has 0 fully saturated rings. The first kappa shape index (κ1) is 30.0. The van der Waals surface area contributed by atoms with Gasteiger partial charge in [-0.25, -0.2) is 30.7 Å². The zero-order valence-corrected chi connectivity index (χ0v) is 20.4. The second-order valence-electron chi connectivity index (χ2n) is 9.72. The molecule has 1 aromatic rings. The Morgan fingerprint density at radius 2 is 1.48 bits per heavy atom. The molecule has 13 heteroatoms. The van der Waals surface area contributed by atoms with Crippen LogP contribution in [0.2, 0.25) is 0 Å². The van der Waals surface area contributed by atoms with Gasteiger partial charge in [0.15, 0.2) is 0 Å². The molecule has 0 aliphatic heterocycles. The van der Waals surface area contributed by atoms with Gasteiger partial charge < -0.3 is 4.74 Å². The van der Waals surface area contributed by atoms with Crippen LogP contribution >= 0.6 is 0 Å². The van der Waals surface area contributed by atoms with Crippen molar-refractivity contribution in [3.8, 4) is 0 Å². The zero-order valence-electron chi connectivity index (χ0n) is 20.4. The van der Waals surface area contributed by atoms with Crippen molar-refractivity contribution < 1.29 is 57.4 Å². The number of hydrogen-bond donors (Lipinski definition) is 0. The molecule has 0 radical (unpaired) electrons. The lowest BCUT2D eigenvalue weighted by molar-refractivity contribution is -0.274. The maximum atomic E-state index is 15.0. The van der Waals surface area contributed by atoms with Gasteiger partial charge >= 0.3 is 12.3 Å². The summed E-state index contributed by atoms with van der Waals surface area (Å²) in [5, 5.41) is 0. The summed E-state index contributed by atoms with van der Waals surface area (Å²) in [5.41, 5.74) is -3.07. The maximum absolute atomic E-state index is 15.0. The average molecular weight is 588 g/mol. The summed E-state index contributed by atoms with van der Waals surface area (Å²) in [7, 11) is 0. The number of hydrogen-bond acceptors (Lipinski definition) is 1. The summed E-state index contributed by atoms with van der Waals surface area (Å²) in [6.45, 7) is 1.66. The van der Waals surface area contributed by atoms with Crippen molar-refractivity contribution in [2.45, 2.75) is 63.1 Å². The van der Waals surface area contributed by atoms with Crippen molar-refractivity contribution in [2.24, 2.45) is 5.92 Å². The lowest BCUT2D eigenvalue weighted by Gasteiger charge is -2.31. The standard InChI is InChI=1S/C27H20F12O/c1-11-2-3-15(16(28)4-11)12-5-17(29)23(18(30)6-12)13-7-19(31)25(20(32)8-13)27(38,39)40-14-9-21(33)24(22(34)10-14)26(35,36)37/h2-3,5,7-9,14,16,18,22,24H,4,6,10H2,1H3. The van der Waals surface area contributed by atoms with Crippen LogP contribution < -0.4 is 0 Å². The second kappa shape index (κ2) is 10.8. The highest BCUT2D eigenvalue weighted by Gasteiger charge is 2.52. The lowest BCUT2D eigenvalue weighted by atomic mass is 9.83. The Kier molecular flexibility index (Phi) is 8.09. The Labute approximate surface area is 220 Å². The van der Waals surface area contributed by atoms with Crippen LogP contribution in [0.15, 0.2) is 64.8 Å². The van der Waals surface area contributed by atoms with Gasteiger partial charge in [0.25, 0.3) is 0 Å². The first-order valence-electron chi connectivity index (χ1n) is 11.9. The normalized spacial score (nSPS) is 28.2. The minimum absolute atomic E-state index is 0.00463. The Morgan fingerprint density at radius 3 is 2.00 bits per heavy atom. The molecule has 0 saturated carbocycles. The first-order valence-corrected chi connectivity index (χ1v) is 11.9. The highest BCUT2D eigenvalue weighted by Crippen LogP contribution is 2.45. The summed E-state index contributed by atoms with van der Waals surface area (Å²) in [5.74, 6) is -10.8. The monoisotopic (exact) mass is 588 g/mol. The van der Waals surface area contributed by atoms with E-state index in [1.54, 1.807) is 13.0 Å². The molecule has 0 heterocycles. The van der Waals surface area contributed by atoms with Crippen molar-refractivity contribution in [3.05, 3.63) is 87.6 Å². The predicted octanol–water partition coefficient (Wildman–Crippen LogP) is 9.14. The zero-order chi connectivity index (χ0) is 29.7.